The van der Waals surface area contributed by atoms with Gasteiger partial charge in [-0.05, 0) is 64.7 Å². The minimum Gasteiger partial charge on any atom is -0.436 e. The maximum atomic E-state index is 6.45. The van der Waals surface area contributed by atoms with Crippen molar-refractivity contribution >= 4 is 64.4 Å². The summed E-state index contributed by atoms with van der Waals surface area (Å²) in [5.74, 6) is 2.36. The topological polar surface area (TPSA) is 69.6 Å². The normalized spacial score (nSPS) is 11.7. The van der Waals surface area contributed by atoms with Gasteiger partial charge in [-0.1, -0.05) is 146 Å². The Hall–Kier alpha value is -7.74. The summed E-state index contributed by atoms with van der Waals surface area (Å²) in [7, 11) is 0. The summed E-state index contributed by atoms with van der Waals surface area (Å²) >= 11 is 1.72. The molecule has 0 aliphatic carbocycles. The molecule has 6 nitrogen and oxygen atoms in total. The van der Waals surface area contributed by atoms with Crippen LogP contribution >= 0.6 is 11.3 Å². The molecule has 8 aromatic carbocycles. The maximum Gasteiger partial charge on any atom is 0.238 e. The molecule has 4 aromatic heterocycles. The van der Waals surface area contributed by atoms with Crippen molar-refractivity contribution in [3.8, 4) is 62.4 Å². The van der Waals surface area contributed by atoms with E-state index in [1.165, 1.54) is 0 Å². The molecule has 0 bridgehead atoms. The summed E-state index contributed by atoms with van der Waals surface area (Å²) in [6.45, 7) is 0. The molecule has 0 saturated carbocycles. The van der Waals surface area contributed by atoms with Crippen molar-refractivity contribution in [2.45, 2.75) is 0 Å². The van der Waals surface area contributed by atoms with Crippen molar-refractivity contribution < 1.29 is 4.42 Å². The summed E-state index contributed by atoms with van der Waals surface area (Å²) in [6.07, 6.45) is 0. The number of thiophene rings is 1. The minimum absolute atomic E-state index is 0.557. The number of para-hydroxylation sites is 3. The van der Waals surface area contributed by atoms with Gasteiger partial charge in [0.2, 0.25) is 11.8 Å². The van der Waals surface area contributed by atoms with Crippen LogP contribution in [-0.2, 0) is 0 Å². The van der Waals surface area contributed by atoms with E-state index in [1.807, 2.05) is 54.6 Å². The van der Waals surface area contributed by atoms with Crippen molar-refractivity contribution in [3.63, 3.8) is 0 Å². The highest BCUT2D eigenvalue weighted by molar-refractivity contribution is 7.26. The molecule has 0 unspecified atom stereocenters. The molecule has 0 aliphatic rings. The van der Waals surface area contributed by atoms with Crippen LogP contribution in [0.15, 0.2) is 192 Å². The monoisotopic (exact) mass is 773 g/mol. The average Bonchev–Trinajstić information content (AvgIpc) is 4.01. The Morgan fingerprint density at radius 3 is 1.83 bits per heavy atom. The largest absolute Gasteiger partial charge is 0.436 e. The molecule has 0 atom stereocenters. The fraction of sp³-hybridized carbons (Fsp3) is 0. The van der Waals surface area contributed by atoms with E-state index in [0.717, 1.165) is 92.0 Å². The van der Waals surface area contributed by atoms with Gasteiger partial charge in [-0.3, -0.25) is 4.57 Å². The fourth-order valence-electron chi connectivity index (χ4n) is 8.32. The number of hydrogen-bond donors (Lipinski definition) is 0. The lowest BCUT2D eigenvalue weighted by Crippen LogP contribution is -2.06. The van der Waals surface area contributed by atoms with Gasteiger partial charge in [0.15, 0.2) is 17.2 Å². The molecular formula is C52H31N5OS. The molecule has 0 saturated heterocycles. The molecule has 12 aromatic rings. The number of oxazole rings is 1. The van der Waals surface area contributed by atoms with Crippen molar-refractivity contribution in [3.05, 3.63) is 188 Å². The number of rotatable bonds is 6. The molecule has 0 aliphatic heterocycles. The first-order valence-corrected chi connectivity index (χ1v) is 20.4. The third-order valence-corrected chi connectivity index (χ3v) is 12.4. The molecule has 7 heteroatoms. The molecule has 276 valence electrons. The minimum atomic E-state index is 0.557. The van der Waals surface area contributed by atoms with Crippen LogP contribution in [0.4, 0.5) is 0 Å². The summed E-state index contributed by atoms with van der Waals surface area (Å²) in [5.41, 5.74) is 10.9. The molecule has 12 rings (SSSR count). The molecule has 0 radical (unpaired) electrons. The van der Waals surface area contributed by atoms with Crippen LogP contribution in [0.1, 0.15) is 0 Å². The van der Waals surface area contributed by atoms with Gasteiger partial charge in [0.1, 0.15) is 5.52 Å². The van der Waals surface area contributed by atoms with Crippen LogP contribution in [0, 0.1) is 0 Å². The first kappa shape index (κ1) is 33.4. The van der Waals surface area contributed by atoms with Gasteiger partial charge in [-0.2, -0.15) is 9.97 Å². The maximum absolute atomic E-state index is 6.45. The van der Waals surface area contributed by atoms with E-state index in [0.29, 0.717) is 23.5 Å². The highest BCUT2D eigenvalue weighted by Gasteiger charge is 2.23. The van der Waals surface area contributed by atoms with Crippen molar-refractivity contribution in [1.29, 1.82) is 0 Å². The Morgan fingerprint density at radius 1 is 0.390 bits per heavy atom. The summed E-state index contributed by atoms with van der Waals surface area (Å²) in [4.78, 5) is 20.9. The predicted molar refractivity (Wildman–Crippen MR) is 242 cm³/mol. The lowest BCUT2D eigenvalue weighted by molar-refractivity contribution is 0.621. The Labute approximate surface area is 342 Å². The second kappa shape index (κ2) is 13.4. The van der Waals surface area contributed by atoms with Crippen molar-refractivity contribution in [2.24, 2.45) is 0 Å². The van der Waals surface area contributed by atoms with E-state index >= 15 is 0 Å². The Balaban J connectivity index is 1.13. The molecule has 59 heavy (non-hydrogen) atoms. The Morgan fingerprint density at radius 2 is 1.03 bits per heavy atom. The van der Waals surface area contributed by atoms with Gasteiger partial charge in [0.05, 0.1) is 16.6 Å². The number of benzene rings is 8. The van der Waals surface area contributed by atoms with E-state index in [2.05, 4.69) is 138 Å². The first-order chi connectivity index (χ1) is 29.2. The smallest absolute Gasteiger partial charge is 0.238 e. The van der Waals surface area contributed by atoms with Crippen molar-refractivity contribution in [2.75, 3.05) is 0 Å². The third kappa shape index (κ3) is 5.55. The summed E-state index contributed by atoms with van der Waals surface area (Å²) in [5, 5.41) is 4.51. The zero-order valence-corrected chi connectivity index (χ0v) is 32.3. The standard InChI is InChI=1S/C52H31N5OS/c1-4-15-32(16-5-1)35-27-28-38-37-21-10-12-25-44(37)57(45(38)31-35)52-55-49(34-19-8-3-9-20-34)54-50(56-52)40-23-14-22-39-41-29-36(33-17-6-2-7-18-33)30-42(48(41)59-47(39)40)51-53-43-24-11-13-26-46(43)58-51/h1-31H. The van der Waals surface area contributed by atoms with Gasteiger partial charge < -0.3 is 4.42 Å². The third-order valence-electron chi connectivity index (χ3n) is 11.1. The first-order valence-electron chi connectivity index (χ1n) is 19.5. The number of hydrogen-bond acceptors (Lipinski definition) is 6. The Bertz CT molecular complexity index is 3520. The molecule has 0 N–H and O–H groups in total. The van der Waals surface area contributed by atoms with Gasteiger partial charge >= 0.3 is 0 Å². The van der Waals surface area contributed by atoms with Crippen LogP contribution in [-0.4, -0.2) is 24.5 Å². The Kier molecular flexibility index (Phi) is 7.61. The van der Waals surface area contributed by atoms with Gasteiger partial charge in [0, 0.05) is 42.1 Å². The van der Waals surface area contributed by atoms with E-state index in [-0.39, 0.29) is 0 Å². The molecule has 4 heterocycles. The van der Waals surface area contributed by atoms with Crippen LogP contribution < -0.4 is 0 Å². The summed E-state index contributed by atoms with van der Waals surface area (Å²) < 4.78 is 10.8. The quantitative estimate of drug-likeness (QED) is 0.168. The van der Waals surface area contributed by atoms with Gasteiger partial charge in [-0.25, -0.2) is 9.97 Å². The number of aromatic nitrogens is 5. The fourth-order valence-corrected chi connectivity index (χ4v) is 9.61. The molecular weight excluding hydrogens is 743 g/mol. The highest BCUT2D eigenvalue weighted by Crippen LogP contribution is 2.46. The lowest BCUT2D eigenvalue weighted by Gasteiger charge is -2.12. The predicted octanol–water partition coefficient (Wildman–Crippen LogP) is 13.8. The van der Waals surface area contributed by atoms with E-state index in [1.54, 1.807) is 11.3 Å². The van der Waals surface area contributed by atoms with E-state index in [4.69, 9.17) is 24.4 Å². The molecule has 0 fully saturated rings. The van der Waals surface area contributed by atoms with E-state index in [9.17, 15) is 0 Å². The van der Waals surface area contributed by atoms with Gasteiger partial charge in [0.25, 0.3) is 0 Å². The average molecular weight is 774 g/mol. The van der Waals surface area contributed by atoms with Crippen LogP contribution in [0.3, 0.4) is 0 Å². The number of fused-ring (bicyclic) bond motifs is 7. The zero-order chi connectivity index (χ0) is 38.9. The second-order valence-corrected chi connectivity index (χ2v) is 15.7. The molecule has 0 amide bonds. The second-order valence-electron chi connectivity index (χ2n) is 14.6. The van der Waals surface area contributed by atoms with E-state index < -0.39 is 0 Å². The van der Waals surface area contributed by atoms with Crippen LogP contribution in [0.25, 0.3) is 116 Å². The van der Waals surface area contributed by atoms with Crippen molar-refractivity contribution in [1.82, 2.24) is 24.5 Å². The van der Waals surface area contributed by atoms with Gasteiger partial charge in [-0.15, -0.1) is 11.3 Å². The highest BCUT2D eigenvalue weighted by atomic mass is 32.1. The summed E-state index contributed by atoms with van der Waals surface area (Å²) in [6, 6.07) is 65.1. The zero-order valence-electron chi connectivity index (χ0n) is 31.5. The lowest BCUT2D eigenvalue weighted by atomic mass is 9.99. The van der Waals surface area contributed by atoms with Crippen LogP contribution in [0.5, 0.6) is 0 Å². The molecule has 0 spiro atoms. The van der Waals surface area contributed by atoms with Crippen LogP contribution in [0.2, 0.25) is 0 Å². The SMILES string of the molecule is c1ccc(-c2cc(-c3nc4ccccc4o3)c3sc4c(-c5nc(-c6ccccc6)nc(-n6c7ccccc7c7ccc(-c8ccccc8)cc76)n5)cccc4c3c2)cc1. The number of nitrogens with zero attached hydrogens (tertiary/aromatic N) is 5.